The lowest BCUT2D eigenvalue weighted by Gasteiger charge is -2.07. The van der Waals surface area contributed by atoms with Gasteiger partial charge >= 0.3 is 0 Å². The fourth-order valence-corrected chi connectivity index (χ4v) is 3.67. The van der Waals surface area contributed by atoms with Crippen LogP contribution >= 0.6 is 11.3 Å². The predicted octanol–water partition coefficient (Wildman–Crippen LogP) is 3.61. The molecule has 0 saturated heterocycles. The molecule has 6 nitrogen and oxygen atoms in total. The first-order chi connectivity index (χ1) is 13.2. The van der Waals surface area contributed by atoms with E-state index >= 15 is 0 Å². The van der Waals surface area contributed by atoms with Gasteiger partial charge in [0, 0.05) is 4.88 Å². The van der Waals surface area contributed by atoms with Crippen LogP contribution in [0.5, 0.6) is 11.5 Å². The summed E-state index contributed by atoms with van der Waals surface area (Å²) in [7, 11) is 1.62. The maximum absolute atomic E-state index is 12.7. The van der Waals surface area contributed by atoms with Crippen LogP contribution in [0.2, 0.25) is 0 Å². The van der Waals surface area contributed by atoms with Gasteiger partial charge in [0.15, 0.2) is 4.83 Å². The van der Waals surface area contributed by atoms with Crippen LogP contribution in [-0.2, 0) is 6.54 Å². The van der Waals surface area contributed by atoms with E-state index in [0.717, 1.165) is 16.2 Å². The van der Waals surface area contributed by atoms with E-state index in [-0.39, 0.29) is 5.56 Å². The van der Waals surface area contributed by atoms with Gasteiger partial charge in [-0.05, 0) is 35.9 Å². The molecular formula is C20H17N3O3S. The van der Waals surface area contributed by atoms with Crippen LogP contribution in [0, 0.1) is 0 Å². The highest BCUT2D eigenvalue weighted by Crippen LogP contribution is 2.30. The van der Waals surface area contributed by atoms with E-state index in [1.807, 2.05) is 60.7 Å². The van der Waals surface area contributed by atoms with Crippen molar-refractivity contribution in [2.75, 3.05) is 13.7 Å². The number of fused-ring (bicyclic) bond motifs is 1. The summed E-state index contributed by atoms with van der Waals surface area (Å²) in [4.78, 5) is 14.3. The molecule has 0 saturated carbocycles. The maximum atomic E-state index is 12.7. The molecule has 0 unspecified atom stereocenters. The van der Waals surface area contributed by atoms with E-state index in [1.165, 1.54) is 16.0 Å². The van der Waals surface area contributed by atoms with Gasteiger partial charge in [-0.1, -0.05) is 35.5 Å². The lowest BCUT2D eigenvalue weighted by Crippen LogP contribution is -2.26. The van der Waals surface area contributed by atoms with E-state index in [1.54, 1.807) is 7.11 Å². The van der Waals surface area contributed by atoms with E-state index in [4.69, 9.17) is 9.47 Å². The normalized spacial score (nSPS) is 10.9. The zero-order valence-corrected chi connectivity index (χ0v) is 15.5. The molecular weight excluding hydrogens is 362 g/mol. The van der Waals surface area contributed by atoms with Crippen LogP contribution in [0.15, 0.2) is 65.5 Å². The first-order valence-corrected chi connectivity index (χ1v) is 9.26. The molecule has 0 radical (unpaired) electrons. The molecule has 0 amide bonds. The summed E-state index contributed by atoms with van der Waals surface area (Å²) in [5, 5.41) is 8.81. The lowest BCUT2D eigenvalue weighted by molar-refractivity contribution is 0.285. The van der Waals surface area contributed by atoms with Crippen molar-refractivity contribution in [1.82, 2.24) is 15.0 Å². The summed E-state index contributed by atoms with van der Waals surface area (Å²) in [6, 6.07) is 19.1. The molecule has 136 valence electrons. The SMILES string of the molecule is COc1ccc(OCCn2nnc3sc(-c4ccccc4)cc3c2=O)cc1. The maximum Gasteiger partial charge on any atom is 0.278 e. The number of ether oxygens (including phenoxy) is 2. The van der Waals surface area contributed by atoms with Crippen LogP contribution in [0.3, 0.4) is 0 Å². The van der Waals surface area contributed by atoms with Gasteiger partial charge in [-0.25, -0.2) is 4.68 Å². The summed E-state index contributed by atoms with van der Waals surface area (Å²) >= 11 is 1.47. The fraction of sp³-hybridized carbons (Fsp3) is 0.150. The third kappa shape index (κ3) is 3.68. The Hall–Kier alpha value is -3.19. The van der Waals surface area contributed by atoms with Gasteiger partial charge in [-0.2, -0.15) is 0 Å². The van der Waals surface area contributed by atoms with Crippen molar-refractivity contribution >= 4 is 21.6 Å². The molecule has 0 bridgehead atoms. The molecule has 7 heteroatoms. The number of benzene rings is 2. The first kappa shape index (κ1) is 17.2. The molecule has 2 heterocycles. The Morgan fingerprint density at radius 2 is 1.78 bits per heavy atom. The van der Waals surface area contributed by atoms with Gasteiger partial charge in [0.2, 0.25) is 0 Å². The quantitative estimate of drug-likeness (QED) is 0.512. The van der Waals surface area contributed by atoms with Crippen molar-refractivity contribution in [2.45, 2.75) is 6.54 Å². The van der Waals surface area contributed by atoms with E-state index in [9.17, 15) is 4.79 Å². The van der Waals surface area contributed by atoms with Gasteiger partial charge in [0.05, 0.1) is 19.0 Å². The average Bonchev–Trinajstić information content (AvgIpc) is 3.16. The minimum Gasteiger partial charge on any atom is -0.497 e. The Morgan fingerprint density at radius 3 is 2.52 bits per heavy atom. The van der Waals surface area contributed by atoms with Crippen molar-refractivity contribution in [1.29, 1.82) is 0 Å². The van der Waals surface area contributed by atoms with Crippen molar-refractivity contribution in [3.8, 4) is 21.9 Å². The lowest BCUT2D eigenvalue weighted by atomic mass is 10.2. The van der Waals surface area contributed by atoms with Crippen LogP contribution in [0.25, 0.3) is 20.7 Å². The van der Waals surface area contributed by atoms with Crippen molar-refractivity contribution in [2.24, 2.45) is 0 Å². The molecule has 0 aliphatic rings. The van der Waals surface area contributed by atoms with Crippen LogP contribution < -0.4 is 15.0 Å². The number of methoxy groups -OCH3 is 1. The largest absolute Gasteiger partial charge is 0.497 e. The zero-order valence-electron chi connectivity index (χ0n) is 14.7. The number of hydrogen-bond donors (Lipinski definition) is 0. The minimum absolute atomic E-state index is 0.156. The Balaban J connectivity index is 1.50. The molecule has 0 fully saturated rings. The van der Waals surface area contributed by atoms with Gasteiger partial charge in [0.25, 0.3) is 5.56 Å². The monoisotopic (exact) mass is 379 g/mol. The second kappa shape index (κ2) is 7.59. The molecule has 27 heavy (non-hydrogen) atoms. The molecule has 0 N–H and O–H groups in total. The highest BCUT2D eigenvalue weighted by Gasteiger charge is 2.11. The Kier molecular flexibility index (Phi) is 4.84. The smallest absolute Gasteiger partial charge is 0.278 e. The topological polar surface area (TPSA) is 66.2 Å². The molecule has 0 aliphatic carbocycles. The number of thiophene rings is 1. The molecule has 0 aliphatic heterocycles. The second-order valence-corrected chi connectivity index (χ2v) is 6.87. The summed E-state index contributed by atoms with van der Waals surface area (Å²) in [6.07, 6.45) is 0. The van der Waals surface area contributed by atoms with Gasteiger partial charge in [-0.15, -0.1) is 16.4 Å². The third-order valence-corrected chi connectivity index (χ3v) is 5.18. The predicted molar refractivity (Wildman–Crippen MR) is 106 cm³/mol. The van der Waals surface area contributed by atoms with Gasteiger partial charge in [-0.3, -0.25) is 4.79 Å². The number of rotatable bonds is 6. The number of hydrogen-bond acceptors (Lipinski definition) is 6. The third-order valence-electron chi connectivity index (χ3n) is 4.11. The van der Waals surface area contributed by atoms with Crippen LogP contribution in [0.1, 0.15) is 0 Å². The summed E-state index contributed by atoms with van der Waals surface area (Å²) in [5.41, 5.74) is 0.908. The number of aromatic nitrogens is 3. The van der Waals surface area contributed by atoms with E-state index in [2.05, 4.69) is 10.3 Å². The summed E-state index contributed by atoms with van der Waals surface area (Å²) < 4.78 is 12.1. The molecule has 2 aromatic carbocycles. The molecule has 0 atom stereocenters. The van der Waals surface area contributed by atoms with Gasteiger partial charge in [0.1, 0.15) is 18.1 Å². The Labute approximate surface area is 159 Å². The van der Waals surface area contributed by atoms with Crippen molar-refractivity contribution in [3.05, 3.63) is 71.0 Å². The van der Waals surface area contributed by atoms with E-state index < -0.39 is 0 Å². The van der Waals surface area contributed by atoms with Crippen LogP contribution in [0.4, 0.5) is 0 Å². The van der Waals surface area contributed by atoms with Crippen LogP contribution in [-0.4, -0.2) is 28.7 Å². The van der Waals surface area contributed by atoms with Gasteiger partial charge < -0.3 is 9.47 Å². The molecule has 4 aromatic rings. The molecule has 4 rings (SSSR count). The minimum atomic E-state index is -0.156. The highest BCUT2D eigenvalue weighted by molar-refractivity contribution is 7.21. The van der Waals surface area contributed by atoms with Crippen molar-refractivity contribution < 1.29 is 9.47 Å². The summed E-state index contributed by atoms with van der Waals surface area (Å²) in [6.45, 7) is 0.645. The first-order valence-electron chi connectivity index (χ1n) is 8.44. The average molecular weight is 379 g/mol. The number of nitrogens with zero attached hydrogens (tertiary/aromatic N) is 3. The fourth-order valence-electron chi connectivity index (χ4n) is 2.70. The zero-order chi connectivity index (χ0) is 18.6. The summed E-state index contributed by atoms with van der Waals surface area (Å²) in [5.74, 6) is 1.47. The molecule has 2 aromatic heterocycles. The van der Waals surface area contributed by atoms with Crippen molar-refractivity contribution in [3.63, 3.8) is 0 Å². The second-order valence-electron chi connectivity index (χ2n) is 5.84. The standard InChI is InChI=1S/C20H17N3O3S/c1-25-15-7-9-16(10-8-15)26-12-11-23-20(24)17-13-18(27-19(17)21-22-23)14-5-3-2-4-6-14/h2-10,13H,11-12H2,1H3. The highest BCUT2D eigenvalue weighted by atomic mass is 32.1. The van der Waals surface area contributed by atoms with E-state index in [0.29, 0.717) is 29.1 Å². The Morgan fingerprint density at radius 1 is 1.04 bits per heavy atom. The Bertz CT molecular complexity index is 1100. The molecule has 0 spiro atoms.